The van der Waals surface area contributed by atoms with Crippen LogP contribution in [-0.4, -0.2) is 32.2 Å². The van der Waals surface area contributed by atoms with Crippen LogP contribution in [0.5, 0.6) is 0 Å². The van der Waals surface area contributed by atoms with E-state index in [1.807, 2.05) is 0 Å². The number of sulfonamides is 1. The number of carbonyl (C=O) groups excluding carboxylic acids is 2. The molecule has 0 spiro atoms. The van der Waals surface area contributed by atoms with Crippen molar-refractivity contribution in [2.45, 2.75) is 10.9 Å². The average Bonchev–Trinajstić information content (AvgIpc) is 2.75. The van der Waals surface area contributed by atoms with Gasteiger partial charge in [0.2, 0.25) is 5.91 Å². The Morgan fingerprint density at radius 1 is 1.03 bits per heavy atom. The normalized spacial score (nSPS) is 12.1. The molecule has 0 saturated heterocycles. The quantitative estimate of drug-likeness (QED) is 0.522. The van der Waals surface area contributed by atoms with E-state index in [2.05, 4.69) is 4.72 Å². The first-order chi connectivity index (χ1) is 15.5. The highest BCUT2D eigenvalue weighted by Crippen LogP contribution is 2.24. The van der Waals surface area contributed by atoms with E-state index in [4.69, 9.17) is 17.3 Å². The SMILES string of the molecule is CN(C(=O)c1ccc(NS(=O)(=O)c2ccc(F)c(Cl)c2)cc1)C(C(N)=O)c1cccc(F)c1. The second-order valence-corrected chi connectivity index (χ2v) is 9.12. The predicted molar refractivity (Wildman–Crippen MR) is 119 cm³/mol. The van der Waals surface area contributed by atoms with Crippen LogP contribution in [0.15, 0.2) is 71.6 Å². The summed E-state index contributed by atoms with van der Waals surface area (Å²) in [5.41, 5.74) is 5.91. The summed E-state index contributed by atoms with van der Waals surface area (Å²) in [6.45, 7) is 0. The first-order valence-electron chi connectivity index (χ1n) is 9.39. The highest BCUT2D eigenvalue weighted by atomic mass is 35.5. The van der Waals surface area contributed by atoms with Gasteiger partial charge in [-0.15, -0.1) is 0 Å². The molecule has 3 N–H and O–H groups in total. The maximum atomic E-state index is 13.6. The van der Waals surface area contributed by atoms with Gasteiger partial charge in [0.15, 0.2) is 0 Å². The third kappa shape index (κ3) is 5.47. The van der Waals surface area contributed by atoms with Crippen LogP contribution in [0.3, 0.4) is 0 Å². The van der Waals surface area contributed by atoms with Gasteiger partial charge in [-0.1, -0.05) is 23.7 Å². The Kier molecular flexibility index (Phi) is 6.99. The largest absolute Gasteiger partial charge is 0.368 e. The summed E-state index contributed by atoms with van der Waals surface area (Å²) in [6, 6.07) is 12.3. The molecule has 7 nitrogen and oxygen atoms in total. The molecule has 0 aliphatic carbocycles. The Balaban J connectivity index is 1.80. The van der Waals surface area contributed by atoms with Crippen LogP contribution in [0.4, 0.5) is 14.5 Å². The van der Waals surface area contributed by atoms with Crippen molar-refractivity contribution in [2.75, 3.05) is 11.8 Å². The van der Waals surface area contributed by atoms with E-state index in [0.717, 1.165) is 29.2 Å². The summed E-state index contributed by atoms with van der Waals surface area (Å²) in [6.07, 6.45) is 0. The Bertz CT molecular complexity index is 1320. The number of likely N-dealkylation sites (N-methyl/N-ethyl adjacent to an activating group) is 1. The van der Waals surface area contributed by atoms with Gasteiger partial charge in [-0.3, -0.25) is 14.3 Å². The van der Waals surface area contributed by atoms with Crippen molar-refractivity contribution in [3.05, 3.63) is 94.5 Å². The Labute approximate surface area is 193 Å². The third-order valence-corrected chi connectivity index (χ3v) is 6.40. The Morgan fingerprint density at radius 2 is 1.70 bits per heavy atom. The highest BCUT2D eigenvalue weighted by molar-refractivity contribution is 7.92. The summed E-state index contributed by atoms with van der Waals surface area (Å²) in [7, 11) is -2.72. The number of nitrogens with two attached hydrogens (primary N) is 1. The van der Waals surface area contributed by atoms with Gasteiger partial charge in [0, 0.05) is 18.3 Å². The third-order valence-electron chi connectivity index (χ3n) is 4.73. The zero-order chi connectivity index (χ0) is 24.3. The van der Waals surface area contributed by atoms with Gasteiger partial charge in [0.25, 0.3) is 15.9 Å². The van der Waals surface area contributed by atoms with Gasteiger partial charge in [0.1, 0.15) is 17.7 Å². The number of halogens is 3. The fraction of sp³-hybridized carbons (Fsp3) is 0.0909. The second-order valence-electron chi connectivity index (χ2n) is 7.03. The van der Waals surface area contributed by atoms with Crippen molar-refractivity contribution in [2.24, 2.45) is 5.73 Å². The number of benzene rings is 3. The fourth-order valence-electron chi connectivity index (χ4n) is 3.12. The zero-order valence-electron chi connectivity index (χ0n) is 17.1. The van der Waals surface area contributed by atoms with Gasteiger partial charge in [-0.2, -0.15) is 0 Å². The summed E-state index contributed by atoms with van der Waals surface area (Å²) in [4.78, 5) is 25.7. The van der Waals surface area contributed by atoms with E-state index in [-0.39, 0.29) is 26.7 Å². The minimum atomic E-state index is -4.06. The maximum Gasteiger partial charge on any atom is 0.261 e. The monoisotopic (exact) mass is 493 g/mol. The smallest absolute Gasteiger partial charge is 0.261 e. The lowest BCUT2D eigenvalue weighted by Gasteiger charge is -2.26. The van der Waals surface area contributed by atoms with Crippen LogP contribution in [-0.2, 0) is 14.8 Å². The van der Waals surface area contributed by atoms with E-state index < -0.39 is 39.5 Å². The lowest BCUT2D eigenvalue weighted by molar-refractivity contribution is -0.122. The molecular formula is C22H18ClF2N3O4S. The molecule has 1 unspecified atom stereocenters. The van der Waals surface area contributed by atoms with Crippen LogP contribution in [0.2, 0.25) is 5.02 Å². The van der Waals surface area contributed by atoms with Crippen LogP contribution >= 0.6 is 11.6 Å². The molecule has 3 aromatic carbocycles. The first-order valence-corrected chi connectivity index (χ1v) is 11.3. The molecule has 0 radical (unpaired) electrons. The van der Waals surface area contributed by atoms with Crippen molar-refractivity contribution >= 4 is 39.1 Å². The molecule has 3 aromatic rings. The molecule has 11 heteroatoms. The van der Waals surface area contributed by atoms with Crippen LogP contribution in [0.25, 0.3) is 0 Å². The minimum absolute atomic E-state index is 0.131. The fourth-order valence-corrected chi connectivity index (χ4v) is 4.44. The molecule has 0 fully saturated rings. The highest BCUT2D eigenvalue weighted by Gasteiger charge is 2.28. The molecule has 0 aromatic heterocycles. The molecule has 0 aliphatic rings. The van der Waals surface area contributed by atoms with E-state index >= 15 is 0 Å². The second kappa shape index (κ2) is 9.55. The number of nitrogens with one attached hydrogen (secondary N) is 1. The maximum absolute atomic E-state index is 13.6. The van der Waals surface area contributed by atoms with E-state index in [1.54, 1.807) is 0 Å². The zero-order valence-corrected chi connectivity index (χ0v) is 18.7. The number of anilines is 1. The Hall–Kier alpha value is -3.50. The van der Waals surface area contributed by atoms with Crippen molar-refractivity contribution in [3.63, 3.8) is 0 Å². The standard InChI is InChI=1S/C22H18ClF2N3O4S/c1-28(20(21(26)29)14-3-2-4-15(24)11-14)22(30)13-5-7-16(8-6-13)27-33(31,32)17-9-10-19(25)18(23)12-17/h2-12,20,27H,1H3,(H2,26,29). The molecular weight excluding hydrogens is 476 g/mol. The molecule has 1 atom stereocenters. The van der Waals surface area contributed by atoms with Crippen LogP contribution in [0.1, 0.15) is 22.0 Å². The van der Waals surface area contributed by atoms with E-state index in [0.29, 0.717) is 0 Å². The van der Waals surface area contributed by atoms with Gasteiger partial charge in [0.05, 0.1) is 9.92 Å². The van der Waals surface area contributed by atoms with Crippen LogP contribution in [0, 0.1) is 11.6 Å². The molecule has 0 heterocycles. The first kappa shape index (κ1) is 24.1. The minimum Gasteiger partial charge on any atom is -0.368 e. The van der Waals surface area contributed by atoms with E-state index in [1.165, 1.54) is 49.5 Å². The Morgan fingerprint density at radius 3 is 2.27 bits per heavy atom. The van der Waals surface area contributed by atoms with E-state index in [9.17, 15) is 26.8 Å². The van der Waals surface area contributed by atoms with Gasteiger partial charge < -0.3 is 10.6 Å². The molecule has 2 amide bonds. The van der Waals surface area contributed by atoms with Gasteiger partial charge in [-0.25, -0.2) is 17.2 Å². The lowest BCUT2D eigenvalue weighted by Crippen LogP contribution is -2.39. The summed E-state index contributed by atoms with van der Waals surface area (Å²) in [5, 5.41) is -0.343. The number of rotatable bonds is 7. The van der Waals surface area contributed by atoms with Crippen molar-refractivity contribution in [3.8, 4) is 0 Å². The topological polar surface area (TPSA) is 110 Å². The van der Waals surface area contributed by atoms with Gasteiger partial charge in [-0.05, 0) is 60.2 Å². The number of nitrogens with zero attached hydrogens (tertiary/aromatic N) is 1. The molecule has 0 bridgehead atoms. The molecule has 0 aliphatic heterocycles. The van der Waals surface area contributed by atoms with Gasteiger partial charge >= 0.3 is 0 Å². The summed E-state index contributed by atoms with van der Waals surface area (Å²) >= 11 is 5.65. The number of carbonyl (C=O) groups is 2. The summed E-state index contributed by atoms with van der Waals surface area (Å²) < 4.78 is 54.2. The van der Waals surface area contributed by atoms with Crippen molar-refractivity contribution in [1.29, 1.82) is 0 Å². The van der Waals surface area contributed by atoms with Crippen LogP contribution < -0.4 is 10.5 Å². The van der Waals surface area contributed by atoms with Crippen molar-refractivity contribution in [1.82, 2.24) is 4.90 Å². The number of hydrogen-bond acceptors (Lipinski definition) is 4. The average molecular weight is 494 g/mol. The summed E-state index contributed by atoms with van der Waals surface area (Å²) in [5.74, 6) is -2.78. The number of hydrogen-bond donors (Lipinski definition) is 2. The molecule has 172 valence electrons. The molecule has 33 heavy (non-hydrogen) atoms. The molecule has 3 rings (SSSR count). The lowest BCUT2D eigenvalue weighted by atomic mass is 10.0. The number of amides is 2. The van der Waals surface area contributed by atoms with Crippen molar-refractivity contribution < 1.29 is 26.8 Å². The molecule has 0 saturated carbocycles. The number of primary amides is 1. The predicted octanol–water partition coefficient (Wildman–Crippen LogP) is 3.72.